The number of allylic oxidation sites excluding steroid dienone is 9. The summed E-state index contributed by atoms with van der Waals surface area (Å²) in [6, 6.07) is 0. The van der Waals surface area contributed by atoms with E-state index in [1.54, 1.807) is 0 Å². The molecule has 0 saturated carbocycles. The Balaban J connectivity index is 4.33. The molecule has 0 rings (SSSR count). The normalized spacial score (nSPS) is 14.1. The van der Waals surface area contributed by atoms with Gasteiger partial charge in [0.1, 0.15) is 0 Å². The second kappa shape index (κ2) is 9.26. The molecule has 0 amide bonds. The van der Waals surface area contributed by atoms with E-state index in [0.29, 0.717) is 0 Å². The maximum atomic E-state index is 3.73. The van der Waals surface area contributed by atoms with Crippen LogP contribution < -0.4 is 0 Å². The molecule has 0 aromatic rings. The van der Waals surface area contributed by atoms with Gasteiger partial charge in [0.2, 0.25) is 0 Å². The van der Waals surface area contributed by atoms with Crippen LogP contribution in [0.25, 0.3) is 0 Å². The van der Waals surface area contributed by atoms with Crippen LogP contribution >= 0.6 is 0 Å². The van der Waals surface area contributed by atoms with E-state index in [1.807, 2.05) is 13.0 Å². The highest BCUT2D eigenvalue weighted by molar-refractivity contribution is 5.26. The monoisotopic (exact) mass is 202 g/mol. The summed E-state index contributed by atoms with van der Waals surface area (Å²) in [4.78, 5) is 0. The Labute approximate surface area is 94.4 Å². The zero-order chi connectivity index (χ0) is 11.5. The van der Waals surface area contributed by atoms with E-state index in [2.05, 4.69) is 56.9 Å². The number of rotatable bonds is 6. The smallest absolute Gasteiger partial charge is 0.0238 e. The van der Waals surface area contributed by atoms with Gasteiger partial charge in [-0.3, -0.25) is 0 Å². The van der Waals surface area contributed by atoms with Crippen LogP contribution in [0, 0.1) is 0 Å². The molecule has 0 spiro atoms. The summed E-state index contributed by atoms with van der Waals surface area (Å²) in [7, 11) is 0. The molecule has 0 aliphatic rings. The molecule has 0 unspecified atom stereocenters. The molecule has 0 heteroatoms. The first kappa shape index (κ1) is 13.7. The summed E-state index contributed by atoms with van der Waals surface area (Å²) >= 11 is 0. The van der Waals surface area contributed by atoms with Crippen LogP contribution in [-0.4, -0.2) is 0 Å². The van der Waals surface area contributed by atoms with Gasteiger partial charge in [-0.2, -0.15) is 0 Å². The fourth-order valence-corrected chi connectivity index (χ4v) is 1.41. The van der Waals surface area contributed by atoms with E-state index in [1.165, 1.54) is 11.1 Å². The van der Waals surface area contributed by atoms with Crippen molar-refractivity contribution >= 4 is 0 Å². The maximum Gasteiger partial charge on any atom is -0.0238 e. The zero-order valence-electron chi connectivity index (χ0n) is 10.2. The molecule has 0 aromatic carbocycles. The third-order valence-electron chi connectivity index (χ3n) is 2.17. The van der Waals surface area contributed by atoms with Crippen LogP contribution in [0.2, 0.25) is 0 Å². The first-order valence-electron chi connectivity index (χ1n) is 5.50. The van der Waals surface area contributed by atoms with Crippen molar-refractivity contribution in [3.05, 3.63) is 60.3 Å². The van der Waals surface area contributed by atoms with Crippen molar-refractivity contribution in [3.8, 4) is 0 Å². The highest BCUT2D eigenvalue weighted by Crippen LogP contribution is 2.14. The molecule has 82 valence electrons. The predicted octanol–water partition coefficient (Wildman–Crippen LogP) is 4.98. The summed E-state index contributed by atoms with van der Waals surface area (Å²) in [5.41, 5.74) is 2.72. The third-order valence-corrected chi connectivity index (χ3v) is 2.17. The molecule has 0 aromatic heterocycles. The zero-order valence-corrected chi connectivity index (χ0v) is 10.2. The predicted molar refractivity (Wildman–Crippen MR) is 70.9 cm³/mol. The second-order valence-corrected chi connectivity index (χ2v) is 3.34. The molecule has 15 heavy (non-hydrogen) atoms. The standard InChI is InChI=1S/C15H22/c1-5-9-14(8-4)12-13-15(10-6-2)11-7-3/h5-11H,2,12-13H2,1,3-4H3/b9-5-,11-7-,14-8+,15-10+. The molecule has 0 radical (unpaired) electrons. The van der Waals surface area contributed by atoms with Gasteiger partial charge in [0, 0.05) is 0 Å². The topological polar surface area (TPSA) is 0 Å². The first-order chi connectivity index (χ1) is 7.28. The Morgan fingerprint density at radius 2 is 1.47 bits per heavy atom. The molecule has 0 heterocycles. The van der Waals surface area contributed by atoms with E-state index in [-0.39, 0.29) is 0 Å². The lowest BCUT2D eigenvalue weighted by atomic mass is 10.0. The quantitative estimate of drug-likeness (QED) is 0.533. The largest absolute Gasteiger partial charge is 0.0991 e. The Morgan fingerprint density at radius 1 is 0.933 bits per heavy atom. The lowest BCUT2D eigenvalue weighted by molar-refractivity contribution is 0.966. The summed E-state index contributed by atoms with van der Waals surface area (Å²) in [6.07, 6.45) is 16.7. The van der Waals surface area contributed by atoms with Gasteiger partial charge in [-0.25, -0.2) is 0 Å². The lowest BCUT2D eigenvalue weighted by Gasteiger charge is -2.02. The number of hydrogen-bond acceptors (Lipinski definition) is 0. The van der Waals surface area contributed by atoms with E-state index < -0.39 is 0 Å². The van der Waals surface area contributed by atoms with Crippen molar-refractivity contribution in [2.24, 2.45) is 0 Å². The summed E-state index contributed by atoms with van der Waals surface area (Å²) in [6.45, 7) is 9.91. The fourth-order valence-electron chi connectivity index (χ4n) is 1.41. The molecular formula is C15H22. The van der Waals surface area contributed by atoms with Crippen LogP contribution in [0.1, 0.15) is 33.6 Å². The molecular weight excluding hydrogens is 180 g/mol. The molecule has 0 N–H and O–H groups in total. The Kier molecular flexibility index (Phi) is 8.46. The minimum atomic E-state index is 1.07. The highest BCUT2D eigenvalue weighted by Gasteiger charge is 1.94. The van der Waals surface area contributed by atoms with Gasteiger partial charge < -0.3 is 0 Å². The molecule has 0 saturated heterocycles. The SMILES string of the molecule is C=C/C=C(\C=C/C)CCC(/C=C\C)=C/C. The molecule has 0 fully saturated rings. The van der Waals surface area contributed by atoms with Gasteiger partial charge in [-0.1, -0.05) is 54.7 Å². The van der Waals surface area contributed by atoms with Crippen molar-refractivity contribution in [1.82, 2.24) is 0 Å². The molecule has 0 aliphatic heterocycles. The maximum absolute atomic E-state index is 3.73. The molecule has 0 bridgehead atoms. The van der Waals surface area contributed by atoms with Crippen molar-refractivity contribution in [3.63, 3.8) is 0 Å². The Bertz CT molecular complexity index is 285. The van der Waals surface area contributed by atoms with Crippen LogP contribution in [0.15, 0.2) is 60.3 Å². The van der Waals surface area contributed by atoms with Gasteiger partial charge in [-0.05, 0) is 39.2 Å². The summed E-state index contributed by atoms with van der Waals surface area (Å²) in [5.74, 6) is 0. The highest BCUT2D eigenvalue weighted by atomic mass is 14.0. The average molecular weight is 202 g/mol. The van der Waals surface area contributed by atoms with Gasteiger partial charge in [-0.15, -0.1) is 0 Å². The third kappa shape index (κ3) is 6.73. The van der Waals surface area contributed by atoms with Gasteiger partial charge >= 0.3 is 0 Å². The van der Waals surface area contributed by atoms with E-state index >= 15 is 0 Å². The van der Waals surface area contributed by atoms with E-state index in [9.17, 15) is 0 Å². The summed E-state index contributed by atoms with van der Waals surface area (Å²) < 4.78 is 0. The van der Waals surface area contributed by atoms with Crippen molar-refractivity contribution in [1.29, 1.82) is 0 Å². The number of hydrogen-bond donors (Lipinski definition) is 0. The van der Waals surface area contributed by atoms with Crippen LogP contribution in [0.4, 0.5) is 0 Å². The van der Waals surface area contributed by atoms with Gasteiger partial charge in [0.05, 0.1) is 0 Å². The van der Waals surface area contributed by atoms with E-state index in [0.717, 1.165) is 12.8 Å². The van der Waals surface area contributed by atoms with Crippen LogP contribution in [-0.2, 0) is 0 Å². The minimum absolute atomic E-state index is 1.07. The lowest BCUT2D eigenvalue weighted by Crippen LogP contribution is -1.83. The average Bonchev–Trinajstić information content (AvgIpc) is 2.24. The Morgan fingerprint density at radius 3 is 1.93 bits per heavy atom. The minimum Gasteiger partial charge on any atom is -0.0991 e. The Hall–Kier alpha value is -1.30. The first-order valence-corrected chi connectivity index (χ1v) is 5.50. The van der Waals surface area contributed by atoms with Crippen molar-refractivity contribution in [2.45, 2.75) is 33.6 Å². The van der Waals surface area contributed by atoms with Crippen LogP contribution in [0.3, 0.4) is 0 Å². The van der Waals surface area contributed by atoms with Crippen molar-refractivity contribution < 1.29 is 0 Å². The van der Waals surface area contributed by atoms with Crippen LogP contribution in [0.5, 0.6) is 0 Å². The van der Waals surface area contributed by atoms with E-state index in [4.69, 9.17) is 0 Å². The fraction of sp³-hybridized carbons (Fsp3) is 0.333. The van der Waals surface area contributed by atoms with Gasteiger partial charge in [0.15, 0.2) is 0 Å². The molecule has 0 nitrogen and oxygen atoms in total. The second-order valence-electron chi connectivity index (χ2n) is 3.34. The molecule has 0 atom stereocenters. The van der Waals surface area contributed by atoms with Gasteiger partial charge in [0.25, 0.3) is 0 Å². The van der Waals surface area contributed by atoms with Crippen molar-refractivity contribution in [2.75, 3.05) is 0 Å². The molecule has 0 aliphatic carbocycles. The summed E-state index contributed by atoms with van der Waals surface area (Å²) in [5, 5.41) is 0.